The number of rotatable bonds is 8. The number of carbonyl (C=O) groups is 1. The van der Waals surface area contributed by atoms with Crippen molar-refractivity contribution in [2.45, 2.75) is 32.7 Å². The highest BCUT2D eigenvalue weighted by molar-refractivity contribution is 5.95. The zero-order valence-electron chi connectivity index (χ0n) is 12.0. The quantitative estimate of drug-likeness (QED) is 0.645. The summed E-state index contributed by atoms with van der Waals surface area (Å²) in [6.07, 6.45) is 1.18. The smallest absolute Gasteiger partial charge is 0.339 e. The van der Waals surface area contributed by atoms with E-state index in [9.17, 15) is 15.0 Å². The molecule has 0 aliphatic carbocycles. The lowest BCUT2D eigenvalue weighted by molar-refractivity contribution is 0.0695. The SMILES string of the molecule is CCc1nnc(NC(CO)COC)c(C(=O)O)c1CC. The summed E-state index contributed by atoms with van der Waals surface area (Å²) in [5.41, 5.74) is 1.48. The third-order valence-corrected chi connectivity index (χ3v) is 2.99. The van der Waals surface area contributed by atoms with Crippen molar-refractivity contribution in [2.75, 3.05) is 25.6 Å². The maximum absolute atomic E-state index is 11.5. The number of aliphatic hydroxyl groups is 1. The Kier molecular flexibility index (Phi) is 6.33. The molecular formula is C13H21N3O4. The largest absolute Gasteiger partial charge is 0.478 e. The van der Waals surface area contributed by atoms with Gasteiger partial charge in [-0.2, -0.15) is 5.10 Å². The molecule has 0 bridgehead atoms. The first-order valence-corrected chi connectivity index (χ1v) is 6.56. The maximum atomic E-state index is 11.5. The van der Waals surface area contributed by atoms with E-state index >= 15 is 0 Å². The van der Waals surface area contributed by atoms with E-state index in [1.54, 1.807) is 0 Å². The summed E-state index contributed by atoms with van der Waals surface area (Å²) in [4.78, 5) is 11.5. The highest BCUT2D eigenvalue weighted by Crippen LogP contribution is 2.21. The molecule has 0 saturated carbocycles. The van der Waals surface area contributed by atoms with Crippen LogP contribution in [-0.2, 0) is 17.6 Å². The summed E-state index contributed by atoms with van der Waals surface area (Å²) in [6, 6.07) is -0.426. The Morgan fingerprint density at radius 2 is 2.05 bits per heavy atom. The van der Waals surface area contributed by atoms with Gasteiger partial charge in [0.05, 0.1) is 24.9 Å². The first-order valence-electron chi connectivity index (χ1n) is 6.56. The van der Waals surface area contributed by atoms with Gasteiger partial charge >= 0.3 is 5.97 Å². The highest BCUT2D eigenvalue weighted by Gasteiger charge is 2.22. The lowest BCUT2D eigenvalue weighted by Gasteiger charge is -2.19. The molecule has 1 aromatic rings. The Morgan fingerprint density at radius 1 is 1.35 bits per heavy atom. The highest BCUT2D eigenvalue weighted by atomic mass is 16.5. The van der Waals surface area contributed by atoms with Gasteiger partial charge in [-0.3, -0.25) is 0 Å². The number of hydrogen-bond donors (Lipinski definition) is 3. The van der Waals surface area contributed by atoms with Crippen molar-refractivity contribution in [1.29, 1.82) is 0 Å². The summed E-state index contributed by atoms with van der Waals surface area (Å²) in [5.74, 6) is -0.884. The number of aromatic nitrogens is 2. The van der Waals surface area contributed by atoms with Crippen molar-refractivity contribution in [3.8, 4) is 0 Å². The minimum Gasteiger partial charge on any atom is -0.478 e. The van der Waals surface area contributed by atoms with Crippen LogP contribution >= 0.6 is 0 Å². The maximum Gasteiger partial charge on any atom is 0.339 e. The Balaban J connectivity index is 3.22. The number of aryl methyl sites for hydroxylation is 1. The number of methoxy groups -OCH3 is 1. The van der Waals surface area contributed by atoms with Crippen molar-refractivity contribution in [1.82, 2.24) is 10.2 Å². The second-order valence-corrected chi connectivity index (χ2v) is 4.34. The lowest BCUT2D eigenvalue weighted by atomic mass is 10.0. The van der Waals surface area contributed by atoms with Gasteiger partial charge in [-0.15, -0.1) is 5.10 Å². The molecule has 0 fully saturated rings. The van der Waals surface area contributed by atoms with Crippen LogP contribution in [0.25, 0.3) is 0 Å². The van der Waals surface area contributed by atoms with Crippen molar-refractivity contribution < 1.29 is 19.7 Å². The van der Waals surface area contributed by atoms with Crippen LogP contribution in [0.1, 0.15) is 35.5 Å². The van der Waals surface area contributed by atoms with E-state index in [1.807, 2.05) is 13.8 Å². The van der Waals surface area contributed by atoms with Crippen LogP contribution in [0.15, 0.2) is 0 Å². The molecule has 0 spiro atoms. The number of aromatic carboxylic acids is 1. The summed E-state index contributed by atoms with van der Waals surface area (Å²) in [7, 11) is 1.51. The molecule has 7 nitrogen and oxygen atoms in total. The Bertz CT molecular complexity index is 465. The predicted molar refractivity (Wildman–Crippen MR) is 74.1 cm³/mol. The Labute approximate surface area is 118 Å². The normalized spacial score (nSPS) is 12.2. The van der Waals surface area contributed by atoms with Crippen LogP contribution in [0.2, 0.25) is 0 Å². The minimum absolute atomic E-state index is 0.119. The fourth-order valence-corrected chi connectivity index (χ4v) is 2.04. The molecule has 0 aliphatic rings. The Morgan fingerprint density at radius 3 is 2.50 bits per heavy atom. The summed E-state index contributed by atoms with van der Waals surface area (Å²) in [5, 5.41) is 29.5. The number of anilines is 1. The number of nitrogens with one attached hydrogen (secondary N) is 1. The van der Waals surface area contributed by atoms with Crippen LogP contribution in [0.5, 0.6) is 0 Å². The number of carboxylic acid groups (broad SMARTS) is 1. The third-order valence-electron chi connectivity index (χ3n) is 2.99. The van der Waals surface area contributed by atoms with Crippen molar-refractivity contribution in [2.24, 2.45) is 0 Å². The van der Waals surface area contributed by atoms with Crippen LogP contribution in [0, 0.1) is 0 Å². The molecule has 20 heavy (non-hydrogen) atoms. The average Bonchev–Trinajstić information content (AvgIpc) is 2.45. The van der Waals surface area contributed by atoms with E-state index in [-0.39, 0.29) is 24.6 Å². The van der Waals surface area contributed by atoms with E-state index < -0.39 is 12.0 Å². The van der Waals surface area contributed by atoms with Gasteiger partial charge in [-0.1, -0.05) is 13.8 Å². The standard InChI is InChI=1S/C13H21N3O4/c1-4-9-10(5-2)15-16-12(11(9)13(18)19)14-8(6-17)7-20-3/h8,17H,4-7H2,1-3H3,(H,14,16)(H,18,19). The average molecular weight is 283 g/mol. The van der Waals surface area contributed by atoms with Gasteiger partial charge in [0.15, 0.2) is 5.82 Å². The van der Waals surface area contributed by atoms with E-state index in [0.29, 0.717) is 24.1 Å². The number of carboxylic acids is 1. The van der Waals surface area contributed by atoms with E-state index in [2.05, 4.69) is 15.5 Å². The number of ether oxygens (including phenoxy) is 1. The van der Waals surface area contributed by atoms with Gasteiger partial charge in [-0.05, 0) is 18.4 Å². The number of hydrogen-bond acceptors (Lipinski definition) is 6. The third kappa shape index (κ3) is 3.64. The van der Waals surface area contributed by atoms with E-state index in [1.165, 1.54) is 7.11 Å². The topological polar surface area (TPSA) is 105 Å². The van der Waals surface area contributed by atoms with Crippen LogP contribution in [0.4, 0.5) is 5.82 Å². The molecule has 0 radical (unpaired) electrons. The summed E-state index contributed by atoms with van der Waals surface area (Å²) in [6.45, 7) is 3.84. The second kappa shape index (κ2) is 7.76. The molecule has 0 aromatic carbocycles. The molecule has 0 aliphatic heterocycles. The monoisotopic (exact) mass is 283 g/mol. The van der Waals surface area contributed by atoms with Crippen molar-refractivity contribution >= 4 is 11.8 Å². The molecule has 1 atom stereocenters. The first-order chi connectivity index (χ1) is 9.58. The summed E-state index contributed by atoms with van der Waals surface area (Å²) >= 11 is 0. The fraction of sp³-hybridized carbons (Fsp3) is 0.615. The van der Waals surface area contributed by atoms with Gasteiger partial charge in [0.25, 0.3) is 0 Å². The Hall–Kier alpha value is -1.73. The first kappa shape index (κ1) is 16.3. The minimum atomic E-state index is -1.05. The van der Waals surface area contributed by atoms with E-state index in [4.69, 9.17) is 4.74 Å². The van der Waals surface area contributed by atoms with Crippen LogP contribution in [0.3, 0.4) is 0 Å². The molecule has 1 rings (SSSR count). The van der Waals surface area contributed by atoms with Crippen LogP contribution < -0.4 is 5.32 Å². The second-order valence-electron chi connectivity index (χ2n) is 4.34. The number of aliphatic hydroxyl groups excluding tert-OH is 1. The molecule has 112 valence electrons. The number of nitrogens with zero attached hydrogens (tertiary/aromatic N) is 2. The zero-order valence-corrected chi connectivity index (χ0v) is 12.0. The molecule has 0 amide bonds. The van der Waals surface area contributed by atoms with Crippen molar-refractivity contribution in [3.63, 3.8) is 0 Å². The molecule has 1 heterocycles. The van der Waals surface area contributed by atoms with Gasteiger partial charge in [0.2, 0.25) is 0 Å². The van der Waals surface area contributed by atoms with Crippen molar-refractivity contribution in [3.05, 3.63) is 16.8 Å². The molecule has 0 saturated heterocycles. The van der Waals surface area contributed by atoms with Gasteiger partial charge in [0.1, 0.15) is 5.56 Å². The molecular weight excluding hydrogens is 262 g/mol. The molecule has 3 N–H and O–H groups in total. The molecule has 1 unspecified atom stereocenters. The van der Waals surface area contributed by atoms with Gasteiger partial charge in [-0.25, -0.2) is 4.79 Å². The van der Waals surface area contributed by atoms with Crippen LogP contribution in [-0.4, -0.2) is 52.7 Å². The predicted octanol–water partition coefficient (Wildman–Crippen LogP) is 0.719. The molecule has 7 heteroatoms. The fourth-order valence-electron chi connectivity index (χ4n) is 2.04. The van der Waals surface area contributed by atoms with Gasteiger partial charge < -0.3 is 20.3 Å². The molecule has 1 aromatic heterocycles. The van der Waals surface area contributed by atoms with Gasteiger partial charge in [0, 0.05) is 7.11 Å². The van der Waals surface area contributed by atoms with E-state index in [0.717, 1.165) is 0 Å². The lowest BCUT2D eigenvalue weighted by Crippen LogP contribution is -2.31. The summed E-state index contributed by atoms with van der Waals surface area (Å²) < 4.78 is 4.95. The zero-order chi connectivity index (χ0) is 15.1.